The van der Waals surface area contributed by atoms with Crippen molar-refractivity contribution in [3.05, 3.63) is 0 Å². The molecule has 0 aliphatic heterocycles. The van der Waals surface area contributed by atoms with Gasteiger partial charge in [-0.25, -0.2) is 0 Å². The van der Waals surface area contributed by atoms with Crippen LogP contribution in [0.3, 0.4) is 0 Å². The molecular weight excluding hydrogens is 232 g/mol. The minimum absolute atomic E-state index is 0.0140. The van der Waals surface area contributed by atoms with E-state index in [-0.39, 0.29) is 18.4 Å². The minimum Gasteiger partial charge on any atom is -0.396 e. The molecule has 2 N–H and O–H groups in total. The largest absolute Gasteiger partial charge is 0.396 e. The Morgan fingerprint density at radius 2 is 1.89 bits per heavy atom. The summed E-state index contributed by atoms with van der Waals surface area (Å²) in [7, 11) is 0. The van der Waals surface area contributed by atoms with Crippen LogP contribution in [0.2, 0.25) is 0 Å². The third-order valence-corrected chi connectivity index (χ3v) is 2.63. The zero-order valence-corrected chi connectivity index (χ0v) is 12.0. The zero-order valence-electron chi connectivity index (χ0n) is 12.0. The highest BCUT2D eigenvalue weighted by Gasteiger charge is 2.21. The molecule has 5 nitrogen and oxygen atoms in total. The van der Waals surface area contributed by atoms with E-state index in [1.165, 1.54) is 0 Å². The van der Waals surface area contributed by atoms with Crippen LogP contribution < -0.4 is 5.32 Å². The minimum atomic E-state index is -0.426. The van der Waals surface area contributed by atoms with Gasteiger partial charge in [-0.05, 0) is 13.3 Å². The first kappa shape index (κ1) is 16.9. The number of carbonyl (C=O) groups excluding carboxylic acids is 2. The number of rotatable bonds is 7. The summed E-state index contributed by atoms with van der Waals surface area (Å²) in [5, 5.41) is 11.5. The number of carbonyl (C=O) groups is 2. The number of nitrogens with one attached hydrogen (secondary N) is 1. The number of aliphatic hydroxyl groups excluding tert-OH is 1. The lowest BCUT2D eigenvalue weighted by Gasteiger charge is -2.21. The molecule has 106 valence electrons. The molecule has 0 spiro atoms. The van der Waals surface area contributed by atoms with Gasteiger partial charge >= 0.3 is 0 Å². The normalized spacial score (nSPS) is 11.2. The fourth-order valence-corrected chi connectivity index (χ4v) is 1.43. The molecule has 0 saturated carbocycles. The lowest BCUT2D eigenvalue weighted by atomic mass is 9.96. The molecule has 0 saturated heterocycles. The van der Waals surface area contributed by atoms with Gasteiger partial charge in [0.15, 0.2) is 0 Å². The van der Waals surface area contributed by atoms with Gasteiger partial charge < -0.3 is 15.3 Å². The van der Waals surface area contributed by atoms with E-state index >= 15 is 0 Å². The van der Waals surface area contributed by atoms with E-state index in [0.29, 0.717) is 32.5 Å². The summed E-state index contributed by atoms with van der Waals surface area (Å²) < 4.78 is 0. The van der Waals surface area contributed by atoms with Crippen LogP contribution in [0.4, 0.5) is 0 Å². The van der Waals surface area contributed by atoms with Crippen LogP contribution in [0.25, 0.3) is 0 Å². The first-order chi connectivity index (χ1) is 8.32. The van der Waals surface area contributed by atoms with E-state index in [0.717, 1.165) is 0 Å². The van der Waals surface area contributed by atoms with Crippen molar-refractivity contribution in [3.63, 3.8) is 0 Å². The van der Waals surface area contributed by atoms with Gasteiger partial charge in [0.25, 0.3) is 0 Å². The molecule has 0 aliphatic rings. The average Bonchev–Trinajstić information content (AvgIpc) is 2.28. The second-order valence-corrected chi connectivity index (χ2v) is 5.31. The van der Waals surface area contributed by atoms with E-state index in [1.54, 1.807) is 4.90 Å². The Bertz CT molecular complexity index is 272. The van der Waals surface area contributed by atoms with Gasteiger partial charge in [0.1, 0.15) is 0 Å². The molecule has 0 atom stereocenters. The highest BCUT2D eigenvalue weighted by molar-refractivity contribution is 5.82. The second-order valence-electron chi connectivity index (χ2n) is 5.31. The van der Waals surface area contributed by atoms with Gasteiger partial charge in [0.05, 0.1) is 0 Å². The maximum Gasteiger partial charge on any atom is 0.225 e. The summed E-state index contributed by atoms with van der Waals surface area (Å²) >= 11 is 0. The van der Waals surface area contributed by atoms with Gasteiger partial charge in [-0.2, -0.15) is 0 Å². The number of aliphatic hydroxyl groups is 1. The fraction of sp³-hybridized carbons (Fsp3) is 0.846. The second kappa shape index (κ2) is 8.08. The predicted molar refractivity (Wildman–Crippen MR) is 71.0 cm³/mol. The Morgan fingerprint density at radius 1 is 1.28 bits per heavy atom. The monoisotopic (exact) mass is 258 g/mol. The van der Waals surface area contributed by atoms with Gasteiger partial charge in [-0.1, -0.05) is 20.8 Å². The van der Waals surface area contributed by atoms with Crippen molar-refractivity contribution in [1.29, 1.82) is 0 Å². The molecule has 0 aromatic rings. The molecule has 5 heteroatoms. The Hall–Kier alpha value is -1.10. The molecule has 2 amide bonds. The molecule has 0 bridgehead atoms. The van der Waals surface area contributed by atoms with Gasteiger partial charge in [0.2, 0.25) is 11.8 Å². The molecule has 18 heavy (non-hydrogen) atoms. The fourth-order valence-electron chi connectivity index (χ4n) is 1.43. The molecule has 0 fully saturated rings. The third-order valence-electron chi connectivity index (χ3n) is 2.63. The zero-order chi connectivity index (χ0) is 14.2. The van der Waals surface area contributed by atoms with Crippen LogP contribution in [0, 0.1) is 5.41 Å². The van der Waals surface area contributed by atoms with Crippen LogP contribution in [0.5, 0.6) is 0 Å². The first-order valence-electron chi connectivity index (χ1n) is 6.49. The number of amides is 2. The van der Waals surface area contributed by atoms with Crippen molar-refractivity contribution in [2.75, 3.05) is 26.2 Å². The summed E-state index contributed by atoms with van der Waals surface area (Å²) in [4.78, 5) is 25.1. The molecule has 0 heterocycles. The molecule has 0 aromatic heterocycles. The summed E-state index contributed by atoms with van der Waals surface area (Å²) in [5.41, 5.74) is -0.426. The average molecular weight is 258 g/mol. The molecular formula is C13H26N2O3. The van der Waals surface area contributed by atoms with E-state index in [2.05, 4.69) is 5.32 Å². The van der Waals surface area contributed by atoms with Crippen molar-refractivity contribution >= 4 is 11.8 Å². The maximum atomic E-state index is 11.8. The Kier molecular flexibility index (Phi) is 7.59. The highest BCUT2D eigenvalue weighted by Crippen LogP contribution is 2.12. The van der Waals surface area contributed by atoms with Crippen molar-refractivity contribution in [2.24, 2.45) is 5.41 Å². The Morgan fingerprint density at radius 3 is 2.33 bits per heavy atom. The summed E-state index contributed by atoms with van der Waals surface area (Å²) in [6, 6.07) is 0. The summed E-state index contributed by atoms with van der Waals surface area (Å²) in [5.74, 6) is -0.0335. The quantitative estimate of drug-likeness (QED) is 0.708. The van der Waals surface area contributed by atoms with Crippen LogP contribution in [-0.2, 0) is 9.59 Å². The summed E-state index contributed by atoms with van der Waals surface area (Å²) in [6.45, 7) is 9.07. The topological polar surface area (TPSA) is 69.6 Å². The molecule has 0 aliphatic carbocycles. The van der Waals surface area contributed by atoms with Gasteiger partial charge in [-0.3, -0.25) is 9.59 Å². The smallest absolute Gasteiger partial charge is 0.225 e. The van der Waals surface area contributed by atoms with E-state index in [9.17, 15) is 9.59 Å². The van der Waals surface area contributed by atoms with Crippen LogP contribution in [-0.4, -0.2) is 48.1 Å². The third kappa shape index (κ3) is 6.59. The lowest BCUT2D eigenvalue weighted by Crippen LogP contribution is -2.38. The van der Waals surface area contributed by atoms with E-state index in [1.807, 2.05) is 27.7 Å². The van der Waals surface area contributed by atoms with Crippen molar-refractivity contribution in [1.82, 2.24) is 10.2 Å². The molecule has 0 aromatic carbocycles. The van der Waals surface area contributed by atoms with Crippen LogP contribution >= 0.6 is 0 Å². The highest BCUT2D eigenvalue weighted by atomic mass is 16.3. The number of nitrogens with zero attached hydrogens (tertiary/aromatic N) is 1. The van der Waals surface area contributed by atoms with Crippen molar-refractivity contribution in [3.8, 4) is 0 Å². The molecule has 0 rings (SSSR count). The SMILES string of the molecule is CCN(CCCO)C(=O)CCNC(=O)C(C)(C)C. The number of hydrogen-bond donors (Lipinski definition) is 2. The van der Waals surface area contributed by atoms with E-state index < -0.39 is 5.41 Å². The van der Waals surface area contributed by atoms with Crippen molar-refractivity contribution < 1.29 is 14.7 Å². The van der Waals surface area contributed by atoms with Crippen LogP contribution in [0.1, 0.15) is 40.5 Å². The molecule has 0 radical (unpaired) electrons. The maximum absolute atomic E-state index is 11.8. The van der Waals surface area contributed by atoms with E-state index in [4.69, 9.17) is 5.11 Å². The predicted octanol–water partition coefficient (Wildman–Crippen LogP) is 0.770. The standard InChI is InChI=1S/C13H26N2O3/c1-5-15(9-6-10-16)11(17)7-8-14-12(18)13(2,3)4/h16H,5-10H2,1-4H3,(H,14,18). The Balaban J connectivity index is 3.98. The lowest BCUT2D eigenvalue weighted by molar-refractivity contribution is -0.131. The Labute approximate surface area is 110 Å². The van der Waals surface area contributed by atoms with Gasteiger partial charge in [-0.15, -0.1) is 0 Å². The first-order valence-corrected chi connectivity index (χ1v) is 6.49. The number of hydrogen-bond acceptors (Lipinski definition) is 3. The van der Waals surface area contributed by atoms with Crippen LogP contribution in [0.15, 0.2) is 0 Å². The molecule has 0 unspecified atom stereocenters. The van der Waals surface area contributed by atoms with Crippen molar-refractivity contribution in [2.45, 2.75) is 40.5 Å². The van der Waals surface area contributed by atoms with Gasteiger partial charge in [0, 0.05) is 38.1 Å². The summed E-state index contributed by atoms with van der Waals surface area (Å²) in [6.07, 6.45) is 0.898.